The molecule has 0 radical (unpaired) electrons. The summed E-state index contributed by atoms with van der Waals surface area (Å²) in [6, 6.07) is 8.56. The summed E-state index contributed by atoms with van der Waals surface area (Å²) in [6.07, 6.45) is 3.25. The first-order valence-electron chi connectivity index (χ1n) is 11.3. The molecule has 1 aromatic heterocycles. The van der Waals surface area contributed by atoms with E-state index in [1.165, 1.54) is 11.1 Å². The van der Waals surface area contributed by atoms with Gasteiger partial charge in [0.25, 0.3) is 0 Å². The Hall–Kier alpha value is -2.17. The topological polar surface area (TPSA) is 87.4 Å². The fraction of sp³-hybridized carbons (Fsp3) is 0.565. The molecule has 2 aliphatic rings. The highest BCUT2D eigenvalue weighted by atomic mass is 127. The summed E-state index contributed by atoms with van der Waals surface area (Å²) in [5, 5.41) is 11.5. The van der Waals surface area contributed by atoms with Crippen LogP contribution in [0.15, 0.2) is 29.3 Å². The first-order chi connectivity index (χ1) is 15.0. The molecule has 3 heterocycles. The van der Waals surface area contributed by atoms with Crippen LogP contribution in [0.5, 0.6) is 0 Å². The predicted molar refractivity (Wildman–Crippen MR) is 136 cm³/mol. The van der Waals surface area contributed by atoms with Crippen LogP contribution in [0.3, 0.4) is 0 Å². The molecule has 1 unspecified atom stereocenters. The van der Waals surface area contributed by atoms with E-state index in [-0.39, 0.29) is 35.9 Å². The second-order valence-electron chi connectivity index (χ2n) is 8.72. The molecule has 1 aromatic carbocycles. The number of aromatic nitrogens is 3. The van der Waals surface area contributed by atoms with Crippen LogP contribution < -0.4 is 10.6 Å². The van der Waals surface area contributed by atoms with Gasteiger partial charge in [0.2, 0.25) is 5.91 Å². The molecule has 1 amide bonds. The van der Waals surface area contributed by atoms with Crippen molar-refractivity contribution in [2.75, 3.05) is 13.6 Å². The Balaban J connectivity index is 0.00000289. The number of fused-ring (bicyclic) bond motifs is 2. The summed E-state index contributed by atoms with van der Waals surface area (Å²) in [5.41, 5.74) is 2.53. The van der Waals surface area contributed by atoms with E-state index in [9.17, 15) is 4.79 Å². The molecule has 9 heteroatoms. The maximum atomic E-state index is 12.5. The summed E-state index contributed by atoms with van der Waals surface area (Å²) < 4.78 is 2.02. The van der Waals surface area contributed by atoms with Crippen molar-refractivity contribution in [2.45, 2.75) is 71.1 Å². The van der Waals surface area contributed by atoms with Gasteiger partial charge in [0.05, 0.1) is 6.54 Å². The number of benzene rings is 1. The number of hydrogen-bond acceptors (Lipinski definition) is 4. The van der Waals surface area contributed by atoms with Crippen molar-refractivity contribution in [2.24, 2.45) is 4.99 Å². The zero-order chi connectivity index (χ0) is 21.8. The van der Waals surface area contributed by atoms with Crippen LogP contribution in [0.4, 0.5) is 0 Å². The average molecular weight is 551 g/mol. The largest absolute Gasteiger partial charge is 0.356 e. The van der Waals surface area contributed by atoms with Crippen LogP contribution in [-0.4, -0.2) is 51.2 Å². The highest BCUT2D eigenvalue weighted by molar-refractivity contribution is 14.0. The van der Waals surface area contributed by atoms with Gasteiger partial charge in [-0.3, -0.25) is 9.79 Å². The second-order valence-corrected chi connectivity index (χ2v) is 8.72. The van der Waals surface area contributed by atoms with Gasteiger partial charge in [0.1, 0.15) is 5.82 Å². The lowest BCUT2D eigenvalue weighted by Crippen LogP contribution is -2.47. The molecule has 2 aromatic rings. The van der Waals surface area contributed by atoms with Crippen LogP contribution in [-0.2, 0) is 30.8 Å². The van der Waals surface area contributed by atoms with E-state index in [0.29, 0.717) is 18.9 Å². The summed E-state index contributed by atoms with van der Waals surface area (Å²) >= 11 is 0. The van der Waals surface area contributed by atoms with E-state index in [1.54, 1.807) is 7.05 Å². The summed E-state index contributed by atoms with van der Waals surface area (Å²) in [4.78, 5) is 23.5. The monoisotopic (exact) mass is 551 g/mol. The number of nitrogens with zero attached hydrogens (tertiary/aromatic N) is 5. The Morgan fingerprint density at radius 3 is 2.62 bits per heavy atom. The lowest BCUT2D eigenvalue weighted by Gasteiger charge is -2.25. The molecule has 2 aliphatic heterocycles. The number of amides is 1. The molecule has 0 saturated carbocycles. The molecular weight excluding hydrogens is 517 g/mol. The third kappa shape index (κ3) is 5.79. The van der Waals surface area contributed by atoms with Gasteiger partial charge in [-0.25, -0.2) is 9.67 Å². The van der Waals surface area contributed by atoms with Crippen molar-refractivity contribution in [1.82, 2.24) is 30.3 Å². The Kier molecular flexibility index (Phi) is 8.50. The molecule has 0 spiro atoms. The van der Waals surface area contributed by atoms with Gasteiger partial charge in [-0.1, -0.05) is 38.1 Å². The number of aryl methyl sites for hydroxylation is 1. The Morgan fingerprint density at radius 2 is 1.97 bits per heavy atom. The predicted octanol–water partition coefficient (Wildman–Crippen LogP) is 2.82. The fourth-order valence-corrected chi connectivity index (χ4v) is 4.19. The van der Waals surface area contributed by atoms with Crippen molar-refractivity contribution in [3.63, 3.8) is 0 Å². The van der Waals surface area contributed by atoms with Crippen LogP contribution in [0, 0.1) is 0 Å². The van der Waals surface area contributed by atoms with Gasteiger partial charge >= 0.3 is 0 Å². The number of guanidine groups is 1. The van der Waals surface area contributed by atoms with Crippen LogP contribution in [0.2, 0.25) is 0 Å². The maximum absolute atomic E-state index is 12.5. The second kappa shape index (κ2) is 11.1. The van der Waals surface area contributed by atoms with E-state index in [4.69, 9.17) is 0 Å². The number of carbonyl (C=O) groups excluding carboxylic acids is 1. The van der Waals surface area contributed by atoms with E-state index < -0.39 is 0 Å². The minimum atomic E-state index is 0. The van der Waals surface area contributed by atoms with Crippen LogP contribution >= 0.6 is 24.0 Å². The zero-order valence-electron chi connectivity index (χ0n) is 19.2. The molecule has 0 fully saturated rings. The van der Waals surface area contributed by atoms with Gasteiger partial charge < -0.3 is 15.5 Å². The Morgan fingerprint density at radius 1 is 1.25 bits per heavy atom. The molecule has 0 saturated heterocycles. The molecule has 4 rings (SSSR count). The molecule has 0 bridgehead atoms. The highest BCUT2D eigenvalue weighted by Gasteiger charge is 2.24. The number of halogens is 1. The SMILES string of the molecule is CN=C(NCCCC(=O)N1Cc2ccccc2C1)NC1CCc2nc(C(C)C)nn2C1.I. The van der Waals surface area contributed by atoms with Crippen molar-refractivity contribution in [1.29, 1.82) is 0 Å². The number of aliphatic imine (C=N–C) groups is 1. The first-order valence-corrected chi connectivity index (χ1v) is 11.3. The normalized spacial score (nSPS) is 17.6. The molecule has 0 aliphatic carbocycles. The standard InChI is InChI=1S/C23H33N7O.HI/c1-16(2)22-27-20-11-10-19(15-30(20)28-22)26-23(24-3)25-12-6-9-21(31)29-13-17-7-4-5-8-18(17)14-29;/h4-5,7-8,16,19H,6,9-15H2,1-3H3,(H2,24,25,26);1H. The van der Waals surface area contributed by atoms with Crippen molar-refractivity contribution >= 4 is 35.8 Å². The molecule has 174 valence electrons. The van der Waals surface area contributed by atoms with Gasteiger partial charge in [-0.05, 0) is 24.0 Å². The van der Waals surface area contributed by atoms with Gasteiger partial charge in [0.15, 0.2) is 11.8 Å². The molecule has 32 heavy (non-hydrogen) atoms. The average Bonchev–Trinajstić information content (AvgIpc) is 3.39. The van der Waals surface area contributed by atoms with Crippen LogP contribution in [0.1, 0.15) is 61.8 Å². The number of nitrogens with one attached hydrogen (secondary N) is 2. The van der Waals surface area contributed by atoms with Crippen molar-refractivity contribution in [3.8, 4) is 0 Å². The Bertz CT molecular complexity index is 931. The number of hydrogen-bond donors (Lipinski definition) is 2. The van der Waals surface area contributed by atoms with E-state index in [1.807, 2.05) is 21.7 Å². The number of rotatable bonds is 6. The lowest BCUT2D eigenvalue weighted by atomic mass is 10.1. The summed E-state index contributed by atoms with van der Waals surface area (Å²) in [7, 11) is 1.78. The van der Waals surface area contributed by atoms with E-state index >= 15 is 0 Å². The Labute approximate surface area is 207 Å². The van der Waals surface area contributed by atoms with Gasteiger partial charge in [0, 0.05) is 51.5 Å². The van der Waals surface area contributed by atoms with Crippen molar-refractivity contribution < 1.29 is 4.79 Å². The third-order valence-electron chi connectivity index (χ3n) is 6.01. The number of carbonyl (C=O) groups is 1. The molecular formula is C23H34IN7O. The zero-order valence-corrected chi connectivity index (χ0v) is 21.5. The maximum Gasteiger partial charge on any atom is 0.223 e. The summed E-state index contributed by atoms with van der Waals surface area (Å²) in [5.74, 6) is 3.33. The molecule has 2 N–H and O–H groups in total. The quantitative estimate of drug-likeness (QED) is 0.250. The summed E-state index contributed by atoms with van der Waals surface area (Å²) in [6.45, 7) is 7.22. The molecule has 8 nitrogen and oxygen atoms in total. The molecule has 1 atom stereocenters. The van der Waals surface area contributed by atoms with Gasteiger partial charge in [-0.2, -0.15) is 5.10 Å². The minimum absolute atomic E-state index is 0. The van der Waals surface area contributed by atoms with E-state index in [2.05, 4.69) is 51.7 Å². The van der Waals surface area contributed by atoms with Crippen LogP contribution in [0.25, 0.3) is 0 Å². The highest BCUT2D eigenvalue weighted by Crippen LogP contribution is 2.23. The smallest absolute Gasteiger partial charge is 0.223 e. The third-order valence-corrected chi connectivity index (χ3v) is 6.01. The van der Waals surface area contributed by atoms with Gasteiger partial charge in [-0.15, -0.1) is 24.0 Å². The fourth-order valence-electron chi connectivity index (χ4n) is 4.19. The van der Waals surface area contributed by atoms with E-state index in [0.717, 1.165) is 56.5 Å². The minimum Gasteiger partial charge on any atom is -0.356 e. The lowest BCUT2D eigenvalue weighted by molar-refractivity contribution is -0.131. The first kappa shape index (κ1) is 24.5. The van der Waals surface area contributed by atoms with Crippen molar-refractivity contribution in [3.05, 3.63) is 47.0 Å².